The Labute approximate surface area is 101 Å². The molecule has 0 aliphatic heterocycles. The van der Waals surface area contributed by atoms with Crippen molar-refractivity contribution in [2.24, 2.45) is 10.6 Å². The smallest absolute Gasteiger partial charge is 0.229 e. The number of anilines is 1. The minimum atomic E-state index is -0.434. The van der Waals surface area contributed by atoms with Crippen molar-refractivity contribution in [2.45, 2.75) is 27.7 Å². The summed E-state index contributed by atoms with van der Waals surface area (Å²) < 4.78 is 0. The van der Waals surface area contributed by atoms with Gasteiger partial charge in [-0.2, -0.15) is 0 Å². The largest absolute Gasteiger partial charge is 0.411 e. The number of rotatable bonds is 2. The summed E-state index contributed by atoms with van der Waals surface area (Å²) in [6.45, 7) is 7.26. The van der Waals surface area contributed by atoms with E-state index in [1.165, 1.54) is 0 Å². The highest BCUT2D eigenvalue weighted by molar-refractivity contribution is 6.00. The van der Waals surface area contributed by atoms with E-state index >= 15 is 0 Å². The van der Waals surface area contributed by atoms with E-state index in [9.17, 15) is 4.79 Å². The third kappa shape index (κ3) is 3.59. The molecule has 2 N–H and O–H groups in total. The Bertz CT molecular complexity index is 445. The number of carbonyl (C=O) groups is 1. The van der Waals surface area contributed by atoms with Crippen molar-refractivity contribution in [3.63, 3.8) is 0 Å². The molecule has 17 heavy (non-hydrogen) atoms. The molecular weight excluding hydrogens is 216 g/mol. The van der Waals surface area contributed by atoms with Crippen LogP contribution in [0.4, 0.5) is 5.69 Å². The summed E-state index contributed by atoms with van der Waals surface area (Å²) in [5.41, 5.74) is 1.55. The molecule has 0 heterocycles. The maximum atomic E-state index is 11.8. The first-order valence-corrected chi connectivity index (χ1v) is 5.45. The summed E-state index contributed by atoms with van der Waals surface area (Å²) in [6.07, 6.45) is 0. The van der Waals surface area contributed by atoms with Gasteiger partial charge in [0.25, 0.3) is 0 Å². The maximum absolute atomic E-state index is 11.8. The van der Waals surface area contributed by atoms with Crippen molar-refractivity contribution in [1.82, 2.24) is 0 Å². The van der Waals surface area contributed by atoms with Gasteiger partial charge in [-0.3, -0.25) is 4.79 Å². The fourth-order valence-corrected chi connectivity index (χ4v) is 1.20. The summed E-state index contributed by atoms with van der Waals surface area (Å²) in [6, 6.07) is 7.21. The Balaban J connectivity index is 2.91. The second kappa shape index (κ2) is 4.99. The molecule has 0 unspecified atom stereocenters. The zero-order valence-electron chi connectivity index (χ0n) is 10.6. The normalized spacial score (nSPS) is 12.4. The predicted molar refractivity (Wildman–Crippen MR) is 68.5 cm³/mol. The molecule has 0 aromatic heterocycles. The van der Waals surface area contributed by atoms with E-state index in [1.807, 2.05) is 32.9 Å². The molecule has 1 amide bonds. The number of oxime groups is 1. The first-order chi connectivity index (χ1) is 7.84. The SMILES string of the molecule is C/C(=N\O)c1cccc(NC(=O)C(C)(C)C)c1. The zero-order chi connectivity index (χ0) is 13.1. The number of nitrogens with one attached hydrogen (secondary N) is 1. The van der Waals surface area contributed by atoms with Gasteiger partial charge < -0.3 is 10.5 Å². The van der Waals surface area contributed by atoms with Gasteiger partial charge in [-0.1, -0.05) is 38.1 Å². The number of hydrogen-bond acceptors (Lipinski definition) is 3. The molecule has 4 nitrogen and oxygen atoms in total. The van der Waals surface area contributed by atoms with Crippen LogP contribution in [-0.4, -0.2) is 16.8 Å². The molecule has 4 heteroatoms. The van der Waals surface area contributed by atoms with E-state index in [-0.39, 0.29) is 5.91 Å². The van der Waals surface area contributed by atoms with Gasteiger partial charge in [-0.15, -0.1) is 0 Å². The average Bonchev–Trinajstić information content (AvgIpc) is 2.27. The van der Waals surface area contributed by atoms with Gasteiger partial charge in [0.15, 0.2) is 0 Å². The van der Waals surface area contributed by atoms with Gasteiger partial charge in [-0.05, 0) is 19.1 Å². The van der Waals surface area contributed by atoms with Crippen LogP contribution in [0.2, 0.25) is 0 Å². The quantitative estimate of drug-likeness (QED) is 0.469. The molecule has 0 bridgehead atoms. The molecule has 0 aliphatic carbocycles. The minimum absolute atomic E-state index is 0.0479. The monoisotopic (exact) mass is 234 g/mol. The third-order valence-corrected chi connectivity index (χ3v) is 2.37. The van der Waals surface area contributed by atoms with Gasteiger partial charge >= 0.3 is 0 Å². The van der Waals surface area contributed by atoms with Crippen molar-refractivity contribution >= 4 is 17.3 Å². The van der Waals surface area contributed by atoms with Crippen molar-refractivity contribution in [1.29, 1.82) is 0 Å². The molecule has 0 spiro atoms. The second-order valence-electron chi connectivity index (χ2n) is 4.97. The first-order valence-electron chi connectivity index (χ1n) is 5.45. The highest BCUT2D eigenvalue weighted by Crippen LogP contribution is 2.18. The highest BCUT2D eigenvalue weighted by atomic mass is 16.4. The first kappa shape index (κ1) is 13.2. The molecule has 0 radical (unpaired) electrons. The summed E-state index contributed by atoms with van der Waals surface area (Å²) in [4.78, 5) is 11.8. The molecule has 0 aliphatic rings. The van der Waals surface area contributed by atoms with E-state index < -0.39 is 5.41 Å². The Morgan fingerprint density at radius 1 is 1.35 bits per heavy atom. The van der Waals surface area contributed by atoms with Gasteiger partial charge in [0, 0.05) is 16.7 Å². The topological polar surface area (TPSA) is 61.7 Å². The van der Waals surface area contributed by atoms with Gasteiger partial charge in [0.05, 0.1) is 5.71 Å². The van der Waals surface area contributed by atoms with Crippen LogP contribution in [0.5, 0.6) is 0 Å². The lowest BCUT2D eigenvalue weighted by Gasteiger charge is -2.17. The van der Waals surface area contributed by atoms with Crippen LogP contribution in [0.15, 0.2) is 29.4 Å². The number of benzene rings is 1. The fourth-order valence-electron chi connectivity index (χ4n) is 1.20. The van der Waals surface area contributed by atoms with Crippen molar-refractivity contribution in [3.8, 4) is 0 Å². The number of hydrogen-bond donors (Lipinski definition) is 2. The lowest BCUT2D eigenvalue weighted by Crippen LogP contribution is -2.27. The lowest BCUT2D eigenvalue weighted by atomic mass is 9.95. The molecule has 1 rings (SSSR count). The molecule has 92 valence electrons. The predicted octanol–water partition coefficient (Wildman–Crippen LogP) is 2.87. The molecule has 0 fully saturated rings. The van der Waals surface area contributed by atoms with Crippen LogP contribution < -0.4 is 5.32 Å². The van der Waals surface area contributed by atoms with Crippen LogP contribution in [-0.2, 0) is 4.79 Å². The van der Waals surface area contributed by atoms with E-state index in [0.717, 1.165) is 5.56 Å². The van der Waals surface area contributed by atoms with Gasteiger partial charge in [-0.25, -0.2) is 0 Å². The van der Waals surface area contributed by atoms with Crippen molar-refractivity contribution in [3.05, 3.63) is 29.8 Å². The molecule has 1 aromatic rings. The van der Waals surface area contributed by atoms with E-state index in [4.69, 9.17) is 5.21 Å². The Morgan fingerprint density at radius 3 is 2.53 bits per heavy atom. The standard InChI is InChI=1S/C13H18N2O2/c1-9(15-17)10-6-5-7-11(8-10)14-12(16)13(2,3)4/h5-8,17H,1-4H3,(H,14,16)/b15-9+. The summed E-state index contributed by atoms with van der Waals surface area (Å²) in [5, 5.41) is 14.6. The van der Waals surface area contributed by atoms with Crippen molar-refractivity contribution in [2.75, 3.05) is 5.32 Å². The van der Waals surface area contributed by atoms with Crippen LogP contribution >= 0.6 is 0 Å². The van der Waals surface area contributed by atoms with Crippen molar-refractivity contribution < 1.29 is 10.0 Å². The fraction of sp³-hybridized carbons (Fsp3) is 0.385. The van der Waals surface area contributed by atoms with Crippen LogP contribution in [0.25, 0.3) is 0 Å². The number of nitrogens with zero attached hydrogens (tertiary/aromatic N) is 1. The molecule has 1 aromatic carbocycles. The Kier molecular flexibility index (Phi) is 3.89. The summed E-state index contributed by atoms with van der Waals surface area (Å²) in [7, 11) is 0. The summed E-state index contributed by atoms with van der Waals surface area (Å²) >= 11 is 0. The van der Waals surface area contributed by atoms with E-state index in [1.54, 1.807) is 19.1 Å². The van der Waals surface area contributed by atoms with E-state index in [0.29, 0.717) is 11.4 Å². The molecule has 0 atom stereocenters. The highest BCUT2D eigenvalue weighted by Gasteiger charge is 2.21. The number of amides is 1. The molecular formula is C13H18N2O2. The average molecular weight is 234 g/mol. The zero-order valence-corrected chi connectivity index (χ0v) is 10.6. The molecule has 0 saturated heterocycles. The third-order valence-electron chi connectivity index (χ3n) is 2.37. The number of carbonyl (C=O) groups excluding carboxylic acids is 1. The van der Waals surface area contributed by atoms with E-state index in [2.05, 4.69) is 10.5 Å². The minimum Gasteiger partial charge on any atom is -0.411 e. The lowest BCUT2D eigenvalue weighted by molar-refractivity contribution is -0.123. The molecule has 0 saturated carbocycles. The summed E-state index contributed by atoms with van der Waals surface area (Å²) in [5.74, 6) is -0.0479. The van der Waals surface area contributed by atoms with Gasteiger partial charge in [0.1, 0.15) is 0 Å². The van der Waals surface area contributed by atoms with Crippen LogP contribution in [0.3, 0.4) is 0 Å². The maximum Gasteiger partial charge on any atom is 0.229 e. The Morgan fingerprint density at radius 2 is 2.00 bits per heavy atom. The van der Waals surface area contributed by atoms with Crippen LogP contribution in [0, 0.1) is 5.41 Å². The van der Waals surface area contributed by atoms with Gasteiger partial charge in [0.2, 0.25) is 5.91 Å². The second-order valence-corrected chi connectivity index (χ2v) is 4.97. The van der Waals surface area contributed by atoms with Crippen LogP contribution in [0.1, 0.15) is 33.3 Å². The Hall–Kier alpha value is -1.84.